The van der Waals surface area contributed by atoms with Gasteiger partial charge in [-0.15, -0.1) is 0 Å². The number of hydrogen-bond acceptors (Lipinski definition) is 4. The second-order valence-corrected chi connectivity index (χ2v) is 8.99. The predicted molar refractivity (Wildman–Crippen MR) is 95.5 cm³/mol. The number of halogens is 3. The highest BCUT2D eigenvalue weighted by molar-refractivity contribution is 7.89. The van der Waals surface area contributed by atoms with Crippen molar-refractivity contribution in [2.24, 2.45) is 0 Å². The number of hydrogen-bond donors (Lipinski definition) is 0. The van der Waals surface area contributed by atoms with Crippen LogP contribution in [-0.4, -0.2) is 36.9 Å². The summed E-state index contributed by atoms with van der Waals surface area (Å²) in [5.74, 6) is -0.522. The van der Waals surface area contributed by atoms with Crippen LogP contribution in [-0.2, 0) is 29.0 Å². The summed E-state index contributed by atoms with van der Waals surface area (Å²) in [4.78, 5) is 3.87. The molecule has 1 aromatic carbocycles. The van der Waals surface area contributed by atoms with E-state index in [0.717, 1.165) is 37.3 Å². The first-order valence-electron chi connectivity index (χ1n) is 9.06. The van der Waals surface area contributed by atoms with Gasteiger partial charge in [-0.05, 0) is 61.1 Å². The van der Waals surface area contributed by atoms with Crippen LogP contribution in [0.25, 0.3) is 0 Å². The first-order valence-corrected chi connectivity index (χ1v) is 10.5. The molecule has 0 bridgehead atoms. The van der Waals surface area contributed by atoms with Crippen LogP contribution in [0.1, 0.15) is 29.5 Å². The summed E-state index contributed by atoms with van der Waals surface area (Å²) in [6.45, 7) is -0.0133. The molecular formula is C19H19F3N2O3S. The summed E-state index contributed by atoms with van der Waals surface area (Å²) < 4.78 is 71.2. The van der Waals surface area contributed by atoms with Gasteiger partial charge in [-0.2, -0.15) is 17.5 Å². The summed E-state index contributed by atoms with van der Waals surface area (Å²) in [5.41, 5.74) is 1.28. The second-order valence-electron chi connectivity index (χ2n) is 7.05. The van der Waals surface area contributed by atoms with E-state index < -0.39 is 33.7 Å². The number of rotatable bonds is 4. The summed E-state index contributed by atoms with van der Waals surface area (Å²) in [6, 6.07) is 7.26. The Morgan fingerprint density at radius 2 is 1.79 bits per heavy atom. The third kappa shape index (κ3) is 3.60. The predicted octanol–water partition coefficient (Wildman–Crippen LogP) is 3.43. The minimum Gasteiger partial charge on any atom is -0.471 e. The van der Waals surface area contributed by atoms with Crippen molar-refractivity contribution in [3.63, 3.8) is 0 Å². The SMILES string of the molecule is O=S(=O)(c1ccc2c(c1)CCCC2)N1CC(Oc2ncccc2C(F)(F)F)C1. The molecule has 0 N–H and O–H groups in total. The Labute approximate surface area is 161 Å². The molecular weight excluding hydrogens is 393 g/mol. The molecule has 1 aliphatic heterocycles. The van der Waals surface area contributed by atoms with Gasteiger partial charge in [0.05, 0.1) is 18.0 Å². The molecule has 0 unspecified atom stereocenters. The molecule has 9 heteroatoms. The first kappa shape index (κ1) is 19.2. The Bertz CT molecular complexity index is 986. The van der Waals surface area contributed by atoms with Crippen molar-refractivity contribution in [2.45, 2.75) is 42.9 Å². The maximum atomic E-state index is 13.0. The second kappa shape index (κ2) is 7.04. The molecule has 2 aliphatic rings. The molecule has 1 aromatic heterocycles. The smallest absolute Gasteiger partial charge is 0.421 e. The average molecular weight is 412 g/mol. The Morgan fingerprint density at radius 1 is 1.07 bits per heavy atom. The van der Waals surface area contributed by atoms with E-state index in [0.29, 0.717) is 0 Å². The molecule has 1 aliphatic carbocycles. The minimum absolute atomic E-state index is 0.00666. The van der Waals surface area contributed by atoms with Crippen molar-refractivity contribution in [3.05, 3.63) is 53.2 Å². The summed E-state index contributed by atoms with van der Waals surface area (Å²) in [6.07, 6.45) is -0.0546. The van der Waals surface area contributed by atoms with Gasteiger partial charge in [0.1, 0.15) is 11.7 Å². The van der Waals surface area contributed by atoms with Crippen molar-refractivity contribution in [3.8, 4) is 5.88 Å². The third-order valence-corrected chi connectivity index (χ3v) is 6.95. The van der Waals surface area contributed by atoms with Gasteiger partial charge in [0.15, 0.2) is 0 Å². The van der Waals surface area contributed by atoms with Crippen molar-refractivity contribution in [1.29, 1.82) is 0 Å². The highest BCUT2D eigenvalue weighted by atomic mass is 32.2. The lowest BCUT2D eigenvalue weighted by Crippen LogP contribution is -2.56. The molecule has 0 atom stereocenters. The normalized spacial score (nSPS) is 18.4. The summed E-state index contributed by atoms with van der Waals surface area (Å²) in [7, 11) is -3.69. The number of pyridine rings is 1. The van der Waals surface area contributed by atoms with Gasteiger partial charge in [0, 0.05) is 6.20 Å². The first-order chi connectivity index (χ1) is 13.2. The third-order valence-electron chi connectivity index (χ3n) is 5.13. The molecule has 5 nitrogen and oxygen atoms in total. The molecule has 150 valence electrons. The van der Waals surface area contributed by atoms with Gasteiger partial charge in [-0.25, -0.2) is 13.4 Å². The fraction of sp³-hybridized carbons (Fsp3) is 0.421. The zero-order valence-corrected chi connectivity index (χ0v) is 15.8. The van der Waals surface area contributed by atoms with E-state index in [1.165, 1.54) is 22.1 Å². The van der Waals surface area contributed by atoms with Crippen LogP contribution in [0, 0.1) is 0 Å². The van der Waals surface area contributed by atoms with Crippen LogP contribution < -0.4 is 4.74 Å². The summed E-state index contributed by atoms with van der Waals surface area (Å²) in [5, 5.41) is 0. The molecule has 0 spiro atoms. The topological polar surface area (TPSA) is 59.5 Å². The van der Waals surface area contributed by atoms with E-state index in [-0.39, 0.29) is 18.0 Å². The van der Waals surface area contributed by atoms with Crippen LogP contribution in [0.3, 0.4) is 0 Å². The summed E-state index contributed by atoms with van der Waals surface area (Å²) >= 11 is 0. The number of benzene rings is 1. The lowest BCUT2D eigenvalue weighted by Gasteiger charge is -2.37. The van der Waals surface area contributed by atoms with Crippen LogP contribution in [0.4, 0.5) is 13.2 Å². The highest BCUT2D eigenvalue weighted by Gasteiger charge is 2.41. The molecule has 0 amide bonds. The van der Waals surface area contributed by atoms with Crippen LogP contribution in [0.5, 0.6) is 5.88 Å². The highest BCUT2D eigenvalue weighted by Crippen LogP contribution is 2.36. The molecule has 2 aromatic rings. The number of sulfonamides is 1. The van der Waals surface area contributed by atoms with E-state index >= 15 is 0 Å². The molecule has 0 saturated carbocycles. The van der Waals surface area contributed by atoms with Gasteiger partial charge in [-0.3, -0.25) is 0 Å². The maximum Gasteiger partial charge on any atom is 0.421 e. The van der Waals surface area contributed by atoms with Gasteiger partial charge in [-0.1, -0.05) is 6.07 Å². The van der Waals surface area contributed by atoms with Gasteiger partial charge < -0.3 is 4.74 Å². The van der Waals surface area contributed by atoms with Crippen molar-refractivity contribution in [2.75, 3.05) is 13.1 Å². The molecule has 2 heterocycles. The number of ether oxygens (including phenoxy) is 1. The van der Waals surface area contributed by atoms with Crippen LogP contribution in [0.2, 0.25) is 0 Å². The molecule has 28 heavy (non-hydrogen) atoms. The Kier molecular flexibility index (Phi) is 4.83. The minimum atomic E-state index is -4.58. The fourth-order valence-corrected chi connectivity index (χ4v) is 5.10. The van der Waals surface area contributed by atoms with Gasteiger partial charge >= 0.3 is 6.18 Å². The fourth-order valence-electron chi connectivity index (χ4n) is 3.55. The van der Waals surface area contributed by atoms with Gasteiger partial charge in [0.25, 0.3) is 0 Å². The van der Waals surface area contributed by atoms with E-state index in [1.807, 2.05) is 6.07 Å². The zero-order chi connectivity index (χ0) is 19.9. The van der Waals surface area contributed by atoms with Crippen molar-refractivity contribution < 1.29 is 26.3 Å². The monoisotopic (exact) mass is 412 g/mol. The molecule has 1 fully saturated rings. The largest absolute Gasteiger partial charge is 0.471 e. The number of fused-ring (bicyclic) bond motifs is 1. The Hall–Kier alpha value is -2.13. The lowest BCUT2D eigenvalue weighted by atomic mass is 9.92. The number of aryl methyl sites for hydroxylation is 2. The van der Waals surface area contributed by atoms with E-state index in [1.54, 1.807) is 12.1 Å². The van der Waals surface area contributed by atoms with Crippen LogP contribution >= 0.6 is 0 Å². The molecule has 4 rings (SSSR count). The number of alkyl halides is 3. The van der Waals surface area contributed by atoms with E-state index in [4.69, 9.17) is 4.74 Å². The lowest BCUT2D eigenvalue weighted by molar-refractivity contribution is -0.140. The standard InChI is InChI=1S/C19H19F3N2O3S/c20-19(21,22)17-6-3-9-23-18(17)27-15-11-24(12-15)28(25,26)16-8-7-13-4-1-2-5-14(13)10-16/h3,6-10,15H,1-2,4-5,11-12H2. The molecule has 1 saturated heterocycles. The average Bonchev–Trinajstić information content (AvgIpc) is 2.63. The quantitative estimate of drug-likeness (QED) is 0.772. The number of nitrogens with zero attached hydrogens (tertiary/aromatic N) is 2. The zero-order valence-electron chi connectivity index (χ0n) is 14.9. The van der Waals surface area contributed by atoms with Crippen molar-refractivity contribution >= 4 is 10.0 Å². The molecule has 0 radical (unpaired) electrons. The van der Waals surface area contributed by atoms with Gasteiger partial charge in [0.2, 0.25) is 15.9 Å². The maximum absolute atomic E-state index is 13.0. The number of aromatic nitrogens is 1. The van der Waals surface area contributed by atoms with Crippen LogP contribution in [0.15, 0.2) is 41.4 Å². The van der Waals surface area contributed by atoms with E-state index in [9.17, 15) is 21.6 Å². The van der Waals surface area contributed by atoms with Crippen molar-refractivity contribution in [1.82, 2.24) is 9.29 Å². The Morgan fingerprint density at radius 3 is 2.50 bits per heavy atom. The van der Waals surface area contributed by atoms with E-state index in [2.05, 4.69) is 4.98 Å². The Balaban J connectivity index is 1.45.